The van der Waals surface area contributed by atoms with Gasteiger partial charge in [0.1, 0.15) is 0 Å². The topological polar surface area (TPSA) is 27.7 Å². The van der Waals surface area contributed by atoms with Gasteiger partial charge in [0.2, 0.25) is 0 Å². The molecule has 3 aliphatic rings. The first-order valence-electron chi connectivity index (χ1n) is 9.21. The molecule has 23 heavy (non-hydrogen) atoms. The number of benzene rings is 1. The van der Waals surface area contributed by atoms with Crippen LogP contribution in [0.15, 0.2) is 30.3 Å². The zero-order valence-electron chi connectivity index (χ0n) is 14.0. The third-order valence-electron chi connectivity index (χ3n) is 5.70. The van der Waals surface area contributed by atoms with Crippen molar-refractivity contribution in [2.75, 3.05) is 45.9 Å². The van der Waals surface area contributed by atoms with E-state index >= 15 is 0 Å². The molecule has 2 atom stereocenters. The van der Waals surface area contributed by atoms with E-state index in [0.29, 0.717) is 12.1 Å². The van der Waals surface area contributed by atoms with Gasteiger partial charge in [-0.15, -0.1) is 0 Å². The van der Waals surface area contributed by atoms with Crippen LogP contribution in [-0.4, -0.2) is 67.8 Å². The Kier molecular flexibility index (Phi) is 4.95. The van der Waals surface area contributed by atoms with Gasteiger partial charge in [-0.1, -0.05) is 30.3 Å². The summed E-state index contributed by atoms with van der Waals surface area (Å²) in [7, 11) is 0. The van der Waals surface area contributed by atoms with Crippen LogP contribution in [0.5, 0.6) is 0 Å². The Morgan fingerprint density at radius 3 is 2.74 bits per heavy atom. The van der Waals surface area contributed by atoms with Crippen LogP contribution in [0.25, 0.3) is 0 Å². The first-order valence-corrected chi connectivity index (χ1v) is 9.21. The highest BCUT2D eigenvalue weighted by molar-refractivity contribution is 5.15. The van der Waals surface area contributed by atoms with Crippen molar-refractivity contribution in [3.05, 3.63) is 35.9 Å². The van der Waals surface area contributed by atoms with Crippen molar-refractivity contribution in [1.29, 1.82) is 0 Å². The molecule has 3 aliphatic heterocycles. The van der Waals surface area contributed by atoms with E-state index in [9.17, 15) is 0 Å². The molecule has 4 rings (SSSR count). The molecule has 3 heterocycles. The summed E-state index contributed by atoms with van der Waals surface area (Å²) < 4.78 is 6.09. The molecule has 0 saturated carbocycles. The van der Waals surface area contributed by atoms with E-state index in [4.69, 9.17) is 4.74 Å². The van der Waals surface area contributed by atoms with Gasteiger partial charge >= 0.3 is 0 Å². The summed E-state index contributed by atoms with van der Waals surface area (Å²) in [5, 5.41) is 3.47. The van der Waals surface area contributed by atoms with Gasteiger partial charge in [-0.2, -0.15) is 0 Å². The van der Waals surface area contributed by atoms with E-state index in [-0.39, 0.29) is 0 Å². The fourth-order valence-corrected chi connectivity index (χ4v) is 4.43. The normalized spacial score (nSPS) is 30.4. The molecule has 1 aromatic rings. The van der Waals surface area contributed by atoms with Crippen LogP contribution in [0.1, 0.15) is 18.4 Å². The average molecular weight is 315 g/mol. The van der Waals surface area contributed by atoms with Gasteiger partial charge in [-0.05, 0) is 37.4 Å². The minimum absolute atomic E-state index is 0.411. The van der Waals surface area contributed by atoms with Crippen LogP contribution in [0.3, 0.4) is 0 Å². The highest BCUT2D eigenvalue weighted by Crippen LogP contribution is 2.26. The Labute approximate surface area is 139 Å². The van der Waals surface area contributed by atoms with Gasteiger partial charge in [0.25, 0.3) is 0 Å². The lowest BCUT2D eigenvalue weighted by molar-refractivity contribution is -0.0504. The number of fused-ring (bicyclic) bond motifs is 1. The molecule has 0 spiro atoms. The Morgan fingerprint density at radius 2 is 1.91 bits per heavy atom. The second-order valence-corrected chi connectivity index (χ2v) is 7.34. The molecular weight excluding hydrogens is 286 g/mol. The monoisotopic (exact) mass is 315 g/mol. The van der Waals surface area contributed by atoms with Crippen LogP contribution >= 0.6 is 0 Å². The van der Waals surface area contributed by atoms with Crippen molar-refractivity contribution in [3.63, 3.8) is 0 Å². The molecule has 4 nitrogen and oxygen atoms in total. The fraction of sp³-hybridized carbons (Fsp3) is 0.684. The van der Waals surface area contributed by atoms with Crippen LogP contribution in [0, 0.1) is 5.92 Å². The maximum absolute atomic E-state index is 6.09. The SMILES string of the molecule is c1ccc(CN2CCO[C@H]3CN(CC4CCNCC4)C[C@H]32)cc1. The van der Waals surface area contributed by atoms with E-state index in [1.165, 1.54) is 44.6 Å². The largest absolute Gasteiger partial charge is 0.374 e. The van der Waals surface area contributed by atoms with Crippen LogP contribution in [-0.2, 0) is 11.3 Å². The average Bonchev–Trinajstić information content (AvgIpc) is 3.00. The number of piperidine rings is 1. The van der Waals surface area contributed by atoms with Crippen LogP contribution < -0.4 is 5.32 Å². The molecule has 0 amide bonds. The van der Waals surface area contributed by atoms with Gasteiger partial charge in [0.05, 0.1) is 18.8 Å². The summed E-state index contributed by atoms with van der Waals surface area (Å²) >= 11 is 0. The van der Waals surface area contributed by atoms with E-state index in [1.54, 1.807) is 0 Å². The third-order valence-corrected chi connectivity index (χ3v) is 5.70. The maximum atomic E-state index is 6.09. The van der Waals surface area contributed by atoms with Crippen molar-refractivity contribution in [2.45, 2.75) is 31.5 Å². The summed E-state index contributed by atoms with van der Waals surface area (Å²) in [6.07, 6.45) is 3.08. The van der Waals surface area contributed by atoms with Crippen LogP contribution in [0.4, 0.5) is 0 Å². The Bertz CT molecular complexity index is 489. The minimum atomic E-state index is 0.411. The number of nitrogens with zero attached hydrogens (tertiary/aromatic N) is 2. The molecule has 0 aliphatic carbocycles. The zero-order valence-corrected chi connectivity index (χ0v) is 14.0. The van der Waals surface area contributed by atoms with Crippen molar-refractivity contribution in [1.82, 2.24) is 15.1 Å². The molecule has 0 radical (unpaired) electrons. The van der Waals surface area contributed by atoms with Crippen molar-refractivity contribution < 1.29 is 4.74 Å². The molecule has 1 aromatic carbocycles. The zero-order chi connectivity index (χ0) is 15.5. The second kappa shape index (κ2) is 7.31. The number of likely N-dealkylation sites (tertiary alicyclic amines) is 1. The highest BCUT2D eigenvalue weighted by atomic mass is 16.5. The number of hydrogen-bond donors (Lipinski definition) is 1. The number of rotatable bonds is 4. The first-order chi connectivity index (χ1) is 11.4. The van der Waals surface area contributed by atoms with Gasteiger partial charge < -0.3 is 10.1 Å². The highest BCUT2D eigenvalue weighted by Gasteiger charge is 2.40. The predicted octanol–water partition coefficient (Wildman–Crippen LogP) is 1.57. The van der Waals surface area contributed by atoms with E-state index in [1.807, 2.05) is 0 Å². The standard InChI is InChI=1S/C19H29N3O/c1-2-4-16(5-3-1)13-22-10-11-23-19-15-21(14-18(19)22)12-17-6-8-20-9-7-17/h1-5,17-20H,6-15H2/t18-,19+/m1/s1. The molecule has 0 bridgehead atoms. The maximum Gasteiger partial charge on any atom is 0.0870 e. The van der Waals surface area contributed by atoms with Gasteiger partial charge in [-0.3, -0.25) is 9.80 Å². The molecular formula is C19H29N3O. The lowest BCUT2D eigenvalue weighted by Gasteiger charge is -2.37. The molecule has 126 valence electrons. The molecule has 0 unspecified atom stereocenters. The first kappa shape index (κ1) is 15.6. The number of ether oxygens (including phenoxy) is 1. The molecule has 1 N–H and O–H groups in total. The van der Waals surface area contributed by atoms with E-state index in [2.05, 4.69) is 45.4 Å². The number of hydrogen-bond acceptors (Lipinski definition) is 4. The summed E-state index contributed by atoms with van der Waals surface area (Å²) in [6.45, 7) is 8.97. The Morgan fingerprint density at radius 1 is 1.09 bits per heavy atom. The predicted molar refractivity (Wildman–Crippen MR) is 92.4 cm³/mol. The van der Waals surface area contributed by atoms with Gasteiger partial charge in [0, 0.05) is 32.7 Å². The molecule has 3 fully saturated rings. The Balaban J connectivity index is 1.36. The summed E-state index contributed by atoms with van der Waals surface area (Å²) in [5.74, 6) is 0.874. The molecule has 4 heteroatoms. The Hall–Kier alpha value is -0.940. The molecule has 0 aromatic heterocycles. The van der Waals surface area contributed by atoms with Crippen molar-refractivity contribution in [2.24, 2.45) is 5.92 Å². The van der Waals surface area contributed by atoms with Crippen molar-refractivity contribution in [3.8, 4) is 0 Å². The van der Waals surface area contributed by atoms with E-state index < -0.39 is 0 Å². The third kappa shape index (κ3) is 3.77. The molecule has 3 saturated heterocycles. The number of morpholine rings is 1. The van der Waals surface area contributed by atoms with Crippen molar-refractivity contribution >= 4 is 0 Å². The minimum Gasteiger partial charge on any atom is -0.374 e. The second-order valence-electron chi connectivity index (χ2n) is 7.34. The van der Waals surface area contributed by atoms with Gasteiger partial charge in [0.15, 0.2) is 0 Å². The fourth-order valence-electron chi connectivity index (χ4n) is 4.43. The van der Waals surface area contributed by atoms with E-state index in [0.717, 1.165) is 32.2 Å². The summed E-state index contributed by atoms with van der Waals surface area (Å²) in [6, 6.07) is 11.4. The lowest BCUT2D eigenvalue weighted by atomic mass is 9.98. The van der Waals surface area contributed by atoms with Crippen LogP contribution in [0.2, 0.25) is 0 Å². The quantitative estimate of drug-likeness (QED) is 0.913. The lowest BCUT2D eigenvalue weighted by Crippen LogP contribution is -2.50. The number of nitrogens with one attached hydrogen (secondary N) is 1. The smallest absolute Gasteiger partial charge is 0.0870 e. The summed E-state index contributed by atoms with van der Waals surface area (Å²) in [5.41, 5.74) is 1.42. The summed E-state index contributed by atoms with van der Waals surface area (Å²) in [4.78, 5) is 5.31. The van der Waals surface area contributed by atoms with Gasteiger partial charge in [-0.25, -0.2) is 0 Å².